The maximum Gasteiger partial charge on any atom is 0.340 e. The maximum absolute atomic E-state index is 13.7. The van der Waals surface area contributed by atoms with Gasteiger partial charge in [0.1, 0.15) is 23.2 Å². The summed E-state index contributed by atoms with van der Waals surface area (Å²) in [7, 11) is 1.55. The maximum atomic E-state index is 13.7. The number of aromatic amines is 1. The number of piperidine rings is 1. The minimum absolute atomic E-state index is 0. The van der Waals surface area contributed by atoms with Crippen LogP contribution in [0.25, 0.3) is 10.9 Å². The van der Waals surface area contributed by atoms with E-state index in [1.54, 1.807) is 19.2 Å². The number of epoxide rings is 1. The highest BCUT2D eigenvalue weighted by molar-refractivity contribution is 6.02. The molecule has 2 fully saturated rings. The fourth-order valence-corrected chi connectivity index (χ4v) is 5.55. The molecule has 2 aliphatic heterocycles. The van der Waals surface area contributed by atoms with E-state index in [4.69, 9.17) is 14.2 Å². The number of nitrogens with one attached hydrogen (secondary N) is 4. The smallest absolute Gasteiger partial charge is 0.340 e. The van der Waals surface area contributed by atoms with E-state index in [9.17, 15) is 19.2 Å². The van der Waals surface area contributed by atoms with Crippen LogP contribution in [-0.4, -0.2) is 79.9 Å². The minimum atomic E-state index is -0.987. The average molecular weight is 616 g/mol. The van der Waals surface area contributed by atoms with E-state index >= 15 is 0 Å². The zero-order chi connectivity index (χ0) is 31.9. The Bertz CT molecular complexity index is 1460. The van der Waals surface area contributed by atoms with Crippen LogP contribution in [-0.2, 0) is 23.9 Å². The van der Waals surface area contributed by atoms with E-state index in [0.29, 0.717) is 18.8 Å². The third-order valence-electron chi connectivity index (χ3n) is 7.94. The Labute approximate surface area is 262 Å². The predicted molar refractivity (Wildman–Crippen MR) is 174 cm³/mol. The zero-order valence-electron chi connectivity index (χ0n) is 25.4. The van der Waals surface area contributed by atoms with Crippen LogP contribution < -0.4 is 20.7 Å². The molecule has 2 amide bonds. The van der Waals surface area contributed by atoms with Crippen molar-refractivity contribution in [3.63, 3.8) is 0 Å². The standard InChI is InChI=1S/C32H41N5O7.4H2/c1-6-20(16-33-4)31(41)43-17-27(38)24(14-21-9-8-12-34-32(21)18-44-32)36-29(39)25(13-19(2)3)37-30(40)26-15-22-23(35-26)10-7-11-28(22)42-5;;;;/h6-7,10-11,15-16,19,21,24-25,34-35H,1,4,8-9,12-14,17-18H2,2-3,5H3,(H,36,39)(H,37,40);4*1H/b20-16+;;;;/t21-,24-,25-,32?;;;;/m0..../s1. The number of ether oxygens (including phenoxy) is 3. The van der Waals surface area contributed by atoms with Gasteiger partial charge < -0.3 is 29.8 Å². The van der Waals surface area contributed by atoms with E-state index in [1.165, 1.54) is 12.3 Å². The zero-order valence-corrected chi connectivity index (χ0v) is 25.4. The van der Waals surface area contributed by atoms with Gasteiger partial charge in [-0.05, 0) is 63.1 Å². The molecule has 0 bridgehead atoms. The number of aliphatic imine (C=N–C) groups is 1. The number of nitrogens with zero attached hydrogens (tertiary/aromatic N) is 1. The van der Waals surface area contributed by atoms with Crippen LogP contribution in [0.5, 0.6) is 5.75 Å². The third-order valence-corrected chi connectivity index (χ3v) is 7.94. The number of fused-ring (bicyclic) bond motifs is 1. The van der Waals surface area contributed by atoms with Crippen molar-refractivity contribution < 1.29 is 39.1 Å². The molecule has 12 heteroatoms. The number of hydrogen-bond donors (Lipinski definition) is 4. The molecular formula is C32H49N5O7. The molecule has 2 saturated heterocycles. The average Bonchev–Trinajstić information content (AvgIpc) is 3.63. The Balaban J connectivity index is 0.00000552. The Morgan fingerprint density at radius 2 is 2.02 bits per heavy atom. The number of H-pyrrole nitrogens is 1. The largest absolute Gasteiger partial charge is 0.496 e. The number of Topliss-reactive ketones (excluding diaryl/α,β-unsaturated/α-hetero) is 1. The first-order valence-electron chi connectivity index (χ1n) is 14.7. The molecule has 44 heavy (non-hydrogen) atoms. The lowest BCUT2D eigenvalue weighted by Gasteiger charge is -2.33. The van der Waals surface area contributed by atoms with Crippen molar-refractivity contribution >= 4 is 41.2 Å². The van der Waals surface area contributed by atoms with Gasteiger partial charge >= 0.3 is 5.97 Å². The molecule has 0 aliphatic carbocycles. The molecule has 4 N–H and O–H groups in total. The second-order valence-corrected chi connectivity index (χ2v) is 11.5. The van der Waals surface area contributed by atoms with Crippen molar-refractivity contribution in [2.24, 2.45) is 16.8 Å². The lowest BCUT2D eigenvalue weighted by atomic mass is 9.84. The SMILES string of the molecule is C=C/C(=C\N=C)C(=O)OCC(=O)[C@H](C[C@@H]1CCCNC12CO2)NC(=O)[C@H](CC(C)C)NC(=O)c1cc2c(OC)cccc2[nH]1.[HH].[HH].[HH].[HH]. The number of aromatic nitrogens is 1. The number of carbonyl (C=O) groups is 4. The normalized spacial score (nSPS) is 20.9. The summed E-state index contributed by atoms with van der Waals surface area (Å²) in [6, 6.07) is 5.19. The predicted octanol–water partition coefficient (Wildman–Crippen LogP) is 3.79. The first-order valence-corrected chi connectivity index (χ1v) is 14.7. The van der Waals surface area contributed by atoms with Crippen molar-refractivity contribution in [1.82, 2.24) is 20.9 Å². The number of esters is 1. The van der Waals surface area contributed by atoms with E-state index in [-0.39, 0.29) is 35.2 Å². The van der Waals surface area contributed by atoms with Crippen LogP contribution in [0.1, 0.15) is 55.7 Å². The molecule has 244 valence electrons. The van der Waals surface area contributed by atoms with Crippen LogP contribution in [0, 0.1) is 11.8 Å². The molecule has 1 aromatic heterocycles. The number of amides is 2. The highest BCUT2D eigenvalue weighted by atomic mass is 16.6. The fourth-order valence-electron chi connectivity index (χ4n) is 5.55. The molecular weight excluding hydrogens is 566 g/mol. The number of hydrogen-bond acceptors (Lipinski definition) is 9. The fraction of sp³-hybridized carbons (Fsp3) is 0.469. The van der Waals surface area contributed by atoms with Gasteiger partial charge in [0.2, 0.25) is 5.91 Å². The molecule has 4 atom stereocenters. The van der Waals surface area contributed by atoms with Crippen LogP contribution in [0.4, 0.5) is 0 Å². The number of rotatable bonds is 15. The molecule has 4 rings (SSSR count). The van der Waals surface area contributed by atoms with E-state index in [0.717, 1.165) is 30.3 Å². The van der Waals surface area contributed by atoms with Crippen LogP contribution in [0.2, 0.25) is 0 Å². The Kier molecular flexibility index (Phi) is 10.7. The number of benzene rings is 1. The van der Waals surface area contributed by atoms with Crippen molar-refractivity contribution in [2.75, 3.05) is 26.9 Å². The summed E-state index contributed by atoms with van der Waals surface area (Å²) in [5, 5.41) is 9.81. The van der Waals surface area contributed by atoms with Crippen molar-refractivity contribution in [3.05, 3.63) is 54.4 Å². The first kappa shape index (κ1) is 32.6. The molecule has 2 aliphatic rings. The van der Waals surface area contributed by atoms with Crippen LogP contribution >= 0.6 is 0 Å². The Hall–Kier alpha value is -4.29. The molecule has 2 aromatic rings. The second kappa shape index (κ2) is 14.5. The van der Waals surface area contributed by atoms with Crippen molar-refractivity contribution in [1.29, 1.82) is 0 Å². The summed E-state index contributed by atoms with van der Waals surface area (Å²) in [5.41, 5.74) is 0.515. The van der Waals surface area contributed by atoms with Crippen molar-refractivity contribution in [2.45, 2.75) is 57.3 Å². The van der Waals surface area contributed by atoms with E-state index < -0.39 is 48.0 Å². The van der Waals surface area contributed by atoms with Gasteiger partial charge in [-0.1, -0.05) is 32.6 Å². The Morgan fingerprint density at radius 3 is 2.68 bits per heavy atom. The molecule has 3 heterocycles. The first-order chi connectivity index (χ1) is 21.1. The van der Waals surface area contributed by atoms with Gasteiger partial charge in [0.15, 0.2) is 12.4 Å². The number of ketones is 1. The van der Waals surface area contributed by atoms with Gasteiger partial charge in [0.05, 0.1) is 25.3 Å². The van der Waals surface area contributed by atoms with E-state index in [1.807, 2.05) is 26.0 Å². The Morgan fingerprint density at radius 1 is 1.25 bits per heavy atom. The molecule has 1 aromatic carbocycles. The lowest BCUT2D eigenvalue weighted by molar-refractivity contribution is -0.145. The van der Waals surface area contributed by atoms with E-state index in [2.05, 4.69) is 39.2 Å². The highest BCUT2D eigenvalue weighted by Gasteiger charge is 2.53. The molecule has 1 unspecified atom stereocenters. The lowest BCUT2D eigenvalue weighted by Crippen LogP contribution is -2.55. The van der Waals surface area contributed by atoms with Gasteiger partial charge in [-0.2, -0.15) is 0 Å². The van der Waals surface area contributed by atoms with Crippen LogP contribution in [0.3, 0.4) is 0 Å². The monoisotopic (exact) mass is 615 g/mol. The van der Waals surface area contributed by atoms with Gasteiger partial charge in [0.25, 0.3) is 5.91 Å². The van der Waals surface area contributed by atoms with Gasteiger partial charge in [-0.15, -0.1) is 0 Å². The summed E-state index contributed by atoms with van der Waals surface area (Å²) >= 11 is 0. The minimum Gasteiger partial charge on any atom is -0.496 e. The van der Waals surface area contributed by atoms with Gasteiger partial charge in [-0.3, -0.25) is 24.7 Å². The highest BCUT2D eigenvalue weighted by Crippen LogP contribution is 2.40. The quantitative estimate of drug-likeness (QED) is 0.0773. The number of carbonyl (C=O) groups excluding carboxylic acids is 4. The third kappa shape index (κ3) is 7.80. The summed E-state index contributed by atoms with van der Waals surface area (Å²) in [6.45, 7) is 11.5. The molecule has 12 nitrogen and oxygen atoms in total. The summed E-state index contributed by atoms with van der Waals surface area (Å²) in [4.78, 5) is 59.6. The van der Waals surface area contributed by atoms with Crippen LogP contribution in [0.15, 0.2) is 53.7 Å². The number of methoxy groups -OCH3 is 1. The van der Waals surface area contributed by atoms with Crippen molar-refractivity contribution in [3.8, 4) is 5.75 Å². The summed E-state index contributed by atoms with van der Waals surface area (Å²) in [5.74, 6) is -1.63. The van der Waals surface area contributed by atoms with Gasteiger partial charge in [0, 0.05) is 28.7 Å². The summed E-state index contributed by atoms with van der Waals surface area (Å²) < 4.78 is 16.3. The molecule has 0 radical (unpaired) electrons. The summed E-state index contributed by atoms with van der Waals surface area (Å²) in [6.07, 6.45) is 4.74. The topological polar surface area (TPSA) is 164 Å². The molecule has 1 spiro atoms. The second-order valence-electron chi connectivity index (χ2n) is 11.5. The van der Waals surface area contributed by atoms with Gasteiger partial charge in [-0.25, -0.2) is 4.79 Å². The molecule has 0 saturated carbocycles.